The van der Waals surface area contributed by atoms with Crippen LogP contribution in [0.1, 0.15) is 32.6 Å². The zero-order valence-electron chi connectivity index (χ0n) is 11.0. The van der Waals surface area contributed by atoms with E-state index < -0.39 is 5.97 Å². The summed E-state index contributed by atoms with van der Waals surface area (Å²) in [5, 5.41) is 9.11. The molecule has 6 heteroatoms. The van der Waals surface area contributed by atoms with Gasteiger partial charge in [0, 0.05) is 24.6 Å². The molecule has 18 heavy (non-hydrogen) atoms. The second-order valence-electron chi connectivity index (χ2n) is 4.42. The normalized spacial score (nSPS) is 17.4. The first-order chi connectivity index (χ1) is 7.74. The van der Waals surface area contributed by atoms with Crippen LogP contribution in [-0.2, 0) is 4.79 Å². The Bertz CT molecular complexity index is 214. The smallest absolute Gasteiger partial charge is 0.306 e. The number of nitrogens with zero attached hydrogens (tertiary/aromatic N) is 1. The Balaban J connectivity index is 0. The molecule has 1 N–H and O–H groups in total. The lowest BCUT2D eigenvalue weighted by Crippen LogP contribution is -2.34. The highest BCUT2D eigenvalue weighted by Gasteiger charge is 2.18. The molecule has 0 saturated carbocycles. The van der Waals surface area contributed by atoms with Gasteiger partial charge in [0.25, 0.3) is 0 Å². The molecule has 0 aromatic carbocycles. The van der Waals surface area contributed by atoms with Crippen LogP contribution in [0.4, 0.5) is 0 Å². The van der Waals surface area contributed by atoms with Gasteiger partial charge in [0.2, 0.25) is 0 Å². The number of hydrogen-bond acceptors (Lipinski definition) is 3. The van der Waals surface area contributed by atoms with Crippen molar-refractivity contribution in [1.82, 2.24) is 4.90 Å². The fourth-order valence-corrected chi connectivity index (χ4v) is 2.98. The zero-order valence-corrected chi connectivity index (χ0v) is 13.4. The summed E-state index contributed by atoms with van der Waals surface area (Å²) >= 11 is 2.00. The number of unbranched alkanes of at least 4 members (excludes halogenated alkanes) is 1. The third kappa shape index (κ3) is 8.46. The molecule has 1 aliphatic rings. The van der Waals surface area contributed by atoms with Crippen molar-refractivity contribution in [2.24, 2.45) is 5.92 Å². The number of carboxylic acids is 1. The van der Waals surface area contributed by atoms with E-state index in [-0.39, 0.29) is 30.7 Å². The van der Waals surface area contributed by atoms with E-state index in [1.54, 1.807) is 0 Å². The molecule has 0 radical (unpaired) electrons. The van der Waals surface area contributed by atoms with E-state index in [4.69, 9.17) is 5.11 Å². The maximum absolute atomic E-state index is 11.1. The molecule has 1 aliphatic heterocycles. The second kappa shape index (κ2) is 12.4. The SMILES string of the molecule is CCCCC(CCN1CCSCC1)C(=O)O.Cl.Cl. The van der Waals surface area contributed by atoms with Gasteiger partial charge in [-0.25, -0.2) is 0 Å². The molecular weight excluding hydrogens is 293 g/mol. The molecule has 1 heterocycles. The van der Waals surface area contributed by atoms with Crippen LogP contribution in [-0.4, -0.2) is 47.1 Å². The summed E-state index contributed by atoms with van der Waals surface area (Å²) in [5.41, 5.74) is 0. The molecule has 1 saturated heterocycles. The predicted molar refractivity (Wildman–Crippen MR) is 83.5 cm³/mol. The molecular formula is C12H25Cl2NO2S. The number of aliphatic carboxylic acids is 1. The van der Waals surface area contributed by atoms with Crippen LogP contribution in [0.25, 0.3) is 0 Å². The molecule has 1 atom stereocenters. The Hall–Kier alpha value is 0.360. The van der Waals surface area contributed by atoms with E-state index >= 15 is 0 Å². The van der Waals surface area contributed by atoms with E-state index in [1.165, 1.54) is 11.5 Å². The van der Waals surface area contributed by atoms with Crippen molar-refractivity contribution >= 4 is 42.5 Å². The van der Waals surface area contributed by atoms with Gasteiger partial charge in [-0.15, -0.1) is 24.8 Å². The van der Waals surface area contributed by atoms with Crippen LogP contribution in [0.5, 0.6) is 0 Å². The van der Waals surface area contributed by atoms with Gasteiger partial charge in [-0.05, 0) is 19.4 Å². The zero-order chi connectivity index (χ0) is 11.8. The van der Waals surface area contributed by atoms with Crippen LogP contribution < -0.4 is 0 Å². The highest BCUT2D eigenvalue weighted by molar-refractivity contribution is 7.99. The average molecular weight is 318 g/mol. The van der Waals surface area contributed by atoms with Gasteiger partial charge in [0.15, 0.2) is 0 Å². The van der Waals surface area contributed by atoms with Gasteiger partial charge >= 0.3 is 5.97 Å². The summed E-state index contributed by atoms with van der Waals surface area (Å²) in [5.74, 6) is 1.66. The van der Waals surface area contributed by atoms with Gasteiger partial charge in [0.1, 0.15) is 0 Å². The summed E-state index contributed by atoms with van der Waals surface area (Å²) in [6, 6.07) is 0. The van der Waals surface area contributed by atoms with Crippen molar-refractivity contribution < 1.29 is 9.90 Å². The lowest BCUT2D eigenvalue weighted by atomic mass is 9.98. The van der Waals surface area contributed by atoms with Crippen molar-refractivity contribution in [2.75, 3.05) is 31.1 Å². The molecule has 0 aromatic heterocycles. The molecule has 1 rings (SSSR count). The maximum Gasteiger partial charge on any atom is 0.306 e. The molecule has 0 aliphatic carbocycles. The lowest BCUT2D eigenvalue weighted by Gasteiger charge is -2.27. The van der Waals surface area contributed by atoms with Crippen LogP contribution in [0.15, 0.2) is 0 Å². The Morgan fingerprint density at radius 3 is 2.39 bits per heavy atom. The minimum absolute atomic E-state index is 0. The largest absolute Gasteiger partial charge is 0.481 e. The maximum atomic E-state index is 11.1. The standard InChI is InChI=1S/C12H23NO2S.2ClH/c1-2-3-4-11(12(14)15)5-6-13-7-9-16-10-8-13;;/h11H,2-10H2,1H3,(H,14,15);2*1H. The van der Waals surface area contributed by atoms with Crippen LogP contribution >= 0.6 is 36.6 Å². The third-order valence-electron chi connectivity index (χ3n) is 3.15. The Morgan fingerprint density at radius 2 is 1.89 bits per heavy atom. The molecule has 0 aromatic rings. The van der Waals surface area contributed by atoms with Crippen molar-refractivity contribution in [2.45, 2.75) is 32.6 Å². The van der Waals surface area contributed by atoms with Crippen molar-refractivity contribution in [3.05, 3.63) is 0 Å². The van der Waals surface area contributed by atoms with E-state index in [0.29, 0.717) is 0 Å². The fraction of sp³-hybridized carbons (Fsp3) is 0.917. The topological polar surface area (TPSA) is 40.5 Å². The van der Waals surface area contributed by atoms with Gasteiger partial charge < -0.3 is 10.0 Å². The van der Waals surface area contributed by atoms with Gasteiger partial charge in [0.05, 0.1) is 5.92 Å². The van der Waals surface area contributed by atoms with E-state index in [0.717, 1.165) is 45.3 Å². The highest BCUT2D eigenvalue weighted by atomic mass is 35.5. The van der Waals surface area contributed by atoms with E-state index in [9.17, 15) is 4.79 Å². The number of carboxylic acid groups (broad SMARTS) is 1. The number of thioether (sulfide) groups is 1. The van der Waals surface area contributed by atoms with E-state index in [1.807, 2.05) is 11.8 Å². The van der Waals surface area contributed by atoms with Gasteiger partial charge in [-0.3, -0.25) is 4.79 Å². The van der Waals surface area contributed by atoms with Crippen LogP contribution in [0.2, 0.25) is 0 Å². The summed E-state index contributed by atoms with van der Waals surface area (Å²) in [6.45, 7) is 5.33. The third-order valence-corrected chi connectivity index (χ3v) is 4.10. The first-order valence-corrected chi connectivity index (χ1v) is 7.42. The number of hydrogen-bond donors (Lipinski definition) is 1. The monoisotopic (exact) mass is 317 g/mol. The molecule has 0 spiro atoms. The van der Waals surface area contributed by atoms with Crippen LogP contribution in [0.3, 0.4) is 0 Å². The first kappa shape index (κ1) is 20.7. The van der Waals surface area contributed by atoms with Crippen molar-refractivity contribution in [3.8, 4) is 0 Å². The molecule has 110 valence electrons. The molecule has 1 unspecified atom stereocenters. The number of halogens is 2. The Morgan fingerprint density at radius 1 is 1.28 bits per heavy atom. The molecule has 3 nitrogen and oxygen atoms in total. The fourth-order valence-electron chi connectivity index (χ4n) is 2.00. The number of carbonyl (C=O) groups is 1. The summed E-state index contributed by atoms with van der Waals surface area (Å²) < 4.78 is 0. The first-order valence-electron chi connectivity index (χ1n) is 6.27. The van der Waals surface area contributed by atoms with Crippen molar-refractivity contribution in [1.29, 1.82) is 0 Å². The van der Waals surface area contributed by atoms with Crippen molar-refractivity contribution in [3.63, 3.8) is 0 Å². The number of rotatable bonds is 7. The Labute approximate surface area is 127 Å². The summed E-state index contributed by atoms with van der Waals surface area (Å²) in [7, 11) is 0. The molecule has 0 amide bonds. The highest BCUT2D eigenvalue weighted by Crippen LogP contribution is 2.16. The molecule has 1 fully saturated rings. The summed E-state index contributed by atoms with van der Waals surface area (Å²) in [6.07, 6.45) is 3.78. The minimum atomic E-state index is -0.611. The van der Waals surface area contributed by atoms with Gasteiger partial charge in [-0.2, -0.15) is 11.8 Å². The van der Waals surface area contributed by atoms with E-state index in [2.05, 4.69) is 11.8 Å². The predicted octanol–water partition coefficient (Wildman–Crippen LogP) is 3.16. The summed E-state index contributed by atoms with van der Waals surface area (Å²) in [4.78, 5) is 13.5. The lowest BCUT2D eigenvalue weighted by molar-refractivity contribution is -0.142. The molecule has 0 bridgehead atoms. The Kier molecular flexibility index (Phi) is 14.2. The quantitative estimate of drug-likeness (QED) is 0.783. The minimum Gasteiger partial charge on any atom is -0.481 e. The average Bonchev–Trinajstić information content (AvgIpc) is 2.30. The van der Waals surface area contributed by atoms with Crippen LogP contribution in [0, 0.1) is 5.92 Å². The van der Waals surface area contributed by atoms with Gasteiger partial charge in [-0.1, -0.05) is 19.8 Å². The second-order valence-corrected chi connectivity index (χ2v) is 5.64.